The van der Waals surface area contributed by atoms with Crippen molar-refractivity contribution in [1.29, 1.82) is 0 Å². The lowest BCUT2D eigenvalue weighted by Gasteiger charge is -2.10. The Hall–Kier alpha value is -2.62. The molecular weight excluding hydrogens is 290 g/mol. The summed E-state index contributed by atoms with van der Waals surface area (Å²) < 4.78 is 5.67. The molecule has 1 amide bonds. The Morgan fingerprint density at radius 3 is 2.48 bits per heavy atom. The van der Waals surface area contributed by atoms with Crippen LogP contribution in [0.1, 0.15) is 35.7 Å². The molecule has 0 aliphatic rings. The van der Waals surface area contributed by atoms with Crippen molar-refractivity contribution in [2.45, 2.75) is 26.7 Å². The number of Topliss-reactive ketones (excluding diaryl/α,β-unsaturated/α-hetero) is 1. The number of anilines is 1. The molecule has 0 atom stereocenters. The third kappa shape index (κ3) is 4.95. The van der Waals surface area contributed by atoms with Gasteiger partial charge in [0.15, 0.2) is 5.78 Å². The van der Waals surface area contributed by atoms with E-state index in [0.717, 1.165) is 11.3 Å². The molecule has 0 saturated carbocycles. The van der Waals surface area contributed by atoms with E-state index in [0.29, 0.717) is 30.7 Å². The quantitative estimate of drug-likeness (QED) is 0.621. The van der Waals surface area contributed by atoms with Gasteiger partial charge in [0.05, 0.1) is 12.3 Å². The third-order valence-electron chi connectivity index (χ3n) is 3.48. The number of ether oxygens (including phenoxy) is 1. The minimum atomic E-state index is -0.118. The molecule has 4 heteroatoms. The van der Waals surface area contributed by atoms with Crippen LogP contribution in [0.2, 0.25) is 0 Å². The lowest BCUT2D eigenvalue weighted by Crippen LogP contribution is -2.15. The molecule has 0 aromatic heterocycles. The van der Waals surface area contributed by atoms with E-state index >= 15 is 0 Å². The molecule has 0 aliphatic carbocycles. The highest BCUT2D eigenvalue weighted by Crippen LogP contribution is 2.17. The van der Waals surface area contributed by atoms with Crippen LogP contribution >= 0.6 is 0 Å². The van der Waals surface area contributed by atoms with Crippen molar-refractivity contribution in [3.63, 3.8) is 0 Å². The molecule has 0 bridgehead atoms. The largest absolute Gasteiger partial charge is 0.493 e. The van der Waals surface area contributed by atoms with Crippen molar-refractivity contribution < 1.29 is 14.3 Å². The van der Waals surface area contributed by atoms with Crippen molar-refractivity contribution >= 4 is 17.4 Å². The predicted octanol–water partition coefficient (Wildman–Crippen LogP) is 4.00. The van der Waals surface area contributed by atoms with E-state index in [4.69, 9.17) is 4.74 Å². The number of carbonyl (C=O) groups is 2. The fraction of sp³-hybridized carbons (Fsp3) is 0.263. The molecule has 0 unspecified atom stereocenters. The van der Waals surface area contributed by atoms with Gasteiger partial charge in [-0.15, -0.1) is 0 Å². The van der Waals surface area contributed by atoms with E-state index in [1.54, 1.807) is 24.3 Å². The predicted molar refractivity (Wildman–Crippen MR) is 91.0 cm³/mol. The van der Waals surface area contributed by atoms with Gasteiger partial charge in [-0.3, -0.25) is 9.59 Å². The first-order valence-corrected chi connectivity index (χ1v) is 7.66. The van der Waals surface area contributed by atoms with Gasteiger partial charge in [0.25, 0.3) is 0 Å². The number of nitrogens with one attached hydrogen (secondary N) is 1. The SMILES string of the molecule is CC(=O)c1ccccc1NC(=O)CCCOc1ccccc1C. The van der Waals surface area contributed by atoms with Crippen LogP contribution in [0.15, 0.2) is 48.5 Å². The van der Waals surface area contributed by atoms with E-state index in [9.17, 15) is 9.59 Å². The summed E-state index contributed by atoms with van der Waals surface area (Å²) in [6.07, 6.45) is 0.959. The van der Waals surface area contributed by atoms with Gasteiger partial charge in [-0.1, -0.05) is 30.3 Å². The van der Waals surface area contributed by atoms with Crippen molar-refractivity contribution in [2.24, 2.45) is 0 Å². The standard InChI is InChI=1S/C19H21NO3/c1-14-8-3-6-11-18(14)23-13-7-12-19(22)20-17-10-5-4-9-16(17)15(2)21/h3-6,8-11H,7,12-13H2,1-2H3,(H,20,22). The average molecular weight is 311 g/mol. The molecule has 23 heavy (non-hydrogen) atoms. The topological polar surface area (TPSA) is 55.4 Å². The zero-order chi connectivity index (χ0) is 16.7. The van der Waals surface area contributed by atoms with Gasteiger partial charge in [-0.2, -0.15) is 0 Å². The van der Waals surface area contributed by atoms with Crippen LogP contribution in [0.3, 0.4) is 0 Å². The normalized spacial score (nSPS) is 10.2. The monoisotopic (exact) mass is 311 g/mol. The van der Waals surface area contributed by atoms with Crippen LogP contribution in [0.4, 0.5) is 5.69 Å². The highest BCUT2D eigenvalue weighted by atomic mass is 16.5. The molecule has 2 rings (SSSR count). The molecule has 2 aromatic carbocycles. The average Bonchev–Trinajstić information content (AvgIpc) is 2.53. The molecular formula is C19H21NO3. The Labute approximate surface area is 136 Å². The maximum Gasteiger partial charge on any atom is 0.224 e. The molecule has 0 heterocycles. The van der Waals surface area contributed by atoms with Gasteiger partial charge >= 0.3 is 0 Å². The molecule has 4 nitrogen and oxygen atoms in total. The van der Waals surface area contributed by atoms with Gasteiger partial charge in [0.2, 0.25) is 5.91 Å². The van der Waals surface area contributed by atoms with E-state index in [2.05, 4.69) is 5.32 Å². The van der Waals surface area contributed by atoms with Gasteiger partial charge in [-0.25, -0.2) is 0 Å². The smallest absolute Gasteiger partial charge is 0.224 e. The van der Waals surface area contributed by atoms with Crippen molar-refractivity contribution in [1.82, 2.24) is 0 Å². The van der Waals surface area contributed by atoms with Gasteiger partial charge in [0, 0.05) is 12.0 Å². The number of carbonyl (C=O) groups excluding carboxylic acids is 2. The minimum Gasteiger partial charge on any atom is -0.493 e. The van der Waals surface area contributed by atoms with Crippen LogP contribution in [-0.2, 0) is 4.79 Å². The van der Waals surface area contributed by atoms with Crippen molar-refractivity contribution in [3.05, 3.63) is 59.7 Å². The number of hydrogen-bond acceptors (Lipinski definition) is 3. The third-order valence-corrected chi connectivity index (χ3v) is 3.48. The number of benzene rings is 2. The number of ketones is 1. The van der Waals surface area contributed by atoms with Crippen molar-refractivity contribution in [3.8, 4) is 5.75 Å². The second-order valence-electron chi connectivity index (χ2n) is 5.37. The minimum absolute atomic E-state index is 0.0659. The molecule has 0 fully saturated rings. The highest BCUT2D eigenvalue weighted by Gasteiger charge is 2.09. The van der Waals surface area contributed by atoms with E-state index in [-0.39, 0.29) is 11.7 Å². The Morgan fingerprint density at radius 2 is 1.74 bits per heavy atom. The molecule has 0 saturated heterocycles. The summed E-state index contributed by atoms with van der Waals surface area (Å²) >= 11 is 0. The molecule has 120 valence electrons. The molecule has 0 radical (unpaired) electrons. The van der Waals surface area contributed by atoms with Crippen LogP contribution < -0.4 is 10.1 Å². The summed E-state index contributed by atoms with van der Waals surface area (Å²) in [6.45, 7) is 3.95. The fourth-order valence-electron chi connectivity index (χ4n) is 2.25. The molecule has 2 aromatic rings. The summed E-state index contributed by atoms with van der Waals surface area (Å²) in [5.74, 6) is 0.658. The number of aryl methyl sites for hydroxylation is 1. The molecule has 1 N–H and O–H groups in total. The number of hydrogen-bond donors (Lipinski definition) is 1. The number of rotatable bonds is 7. The summed E-state index contributed by atoms with van der Waals surface area (Å²) in [5, 5.41) is 2.79. The lowest BCUT2D eigenvalue weighted by atomic mass is 10.1. The van der Waals surface area contributed by atoms with Gasteiger partial charge in [0.1, 0.15) is 5.75 Å². The second-order valence-corrected chi connectivity index (χ2v) is 5.37. The zero-order valence-electron chi connectivity index (χ0n) is 13.5. The van der Waals surface area contributed by atoms with Gasteiger partial charge < -0.3 is 10.1 Å². The Bertz CT molecular complexity index is 695. The Balaban J connectivity index is 1.80. The first kappa shape index (κ1) is 16.7. The van der Waals surface area contributed by atoms with Crippen molar-refractivity contribution in [2.75, 3.05) is 11.9 Å². The summed E-state index contributed by atoms with van der Waals surface area (Å²) in [4.78, 5) is 23.5. The summed E-state index contributed by atoms with van der Waals surface area (Å²) in [6, 6.07) is 14.8. The van der Waals surface area contributed by atoms with Crippen LogP contribution in [0, 0.1) is 6.92 Å². The first-order chi connectivity index (χ1) is 11.1. The molecule has 0 spiro atoms. The van der Waals surface area contributed by atoms with E-state index < -0.39 is 0 Å². The fourth-order valence-corrected chi connectivity index (χ4v) is 2.25. The summed E-state index contributed by atoms with van der Waals surface area (Å²) in [7, 11) is 0. The van der Waals surface area contributed by atoms with E-state index in [1.807, 2.05) is 31.2 Å². The van der Waals surface area contributed by atoms with Crippen LogP contribution in [0.5, 0.6) is 5.75 Å². The Morgan fingerprint density at radius 1 is 1.04 bits per heavy atom. The van der Waals surface area contributed by atoms with Crippen LogP contribution in [-0.4, -0.2) is 18.3 Å². The number of amides is 1. The Kier molecular flexibility index (Phi) is 5.92. The number of para-hydroxylation sites is 2. The zero-order valence-corrected chi connectivity index (χ0v) is 13.5. The summed E-state index contributed by atoms with van der Waals surface area (Å²) in [5.41, 5.74) is 2.16. The second kappa shape index (κ2) is 8.13. The van der Waals surface area contributed by atoms with E-state index in [1.165, 1.54) is 6.92 Å². The van der Waals surface area contributed by atoms with Gasteiger partial charge in [-0.05, 0) is 44.0 Å². The first-order valence-electron chi connectivity index (χ1n) is 7.66. The van der Waals surface area contributed by atoms with Crippen LogP contribution in [0.25, 0.3) is 0 Å². The highest BCUT2D eigenvalue weighted by molar-refractivity contribution is 6.03. The maximum atomic E-state index is 12.0. The maximum absolute atomic E-state index is 12.0. The molecule has 0 aliphatic heterocycles. The lowest BCUT2D eigenvalue weighted by molar-refractivity contribution is -0.116.